The maximum atomic E-state index is 15.1. The lowest BCUT2D eigenvalue weighted by Gasteiger charge is -2.20. The van der Waals surface area contributed by atoms with E-state index in [1.807, 2.05) is 6.20 Å². The van der Waals surface area contributed by atoms with E-state index in [1.165, 1.54) is 25.3 Å². The van der Waals surface area contributed by atoms with Crippen molar-refractivity contribution < 1.29 is 26.8 Å². The molecule has 0 aliphatic heterocycles. The summed E-state index contributed by atoms with van der Waals surface area (Å²) in [6.45, 7) is 7.85. The van der Waals surface area contributed by atoms with Gasteiger partial charge < -0.3 is 14.0 Å². The molecule has 186 valence electrons. The van der Waals surface area contributed by atoms with Crippen LogP contribution in [0, 0.1) is 12.7 Å². The fourth-order valence-electron chi connectivity index (χ4n) is 3.45. The molecule has 3 heterocycles. The molecule has 0 spiro atoms. The highest BCUT2D eigenvalue weighted by Gasteiger charge is 2.24. The van der Waals surface area contributed by atoms with Crippen LogP contribution in [0.5, 0.6) is 11.5 Å². The molecule has 0 fully saturated rings. The number of imidazole rings is 1. The zero-order valence-corrected chi connectivity index (χ0v) is 21.7. The van der Waals surface area contributed by atoms with Gasteiger partial charge in [0.05, 0.1) is 42.4 Å². The molecule has 0 bridgehead atoms. The highest BCUT2D eigenvalue weighted by atomic mass is 32.2. The summed E-state index contributed by atoms with van der Waals surface area (Å²) in [6.07, 6.45) is 3.45. The summed E-state index contributed by atoms with van der Waals surface area (Å²) in [6, 6.07) is 5.81. The van der Waals surface area contributed by atoms with Crippen LogP contribution in [0.15, 0.2) is 51.2 Å². The molecule has 1 N–H and O–H groups in total. The second kappa shape index (κ2) is 9.08. The van der Waals surface area contributed by atoms with Crippen LogP contribution in [0.25, 0.3) is 16.9 Å². The molecule has 0 unspecified atom stereocenters. The van der Waals surface area contributed by atoms with Gasteiger partial charge in [-0.15, -0.1) is 11.8 Å². The van der Waals surface area contributed by atoms with Crippen molar-refractivity contribution in [2.24, 2.45) is 0 Å². The van der Waals surface area contributed by atoms with Crippen LogP contribution < -0.4 is 14.2 Å². The molecule has 4 rings (SSSR count). The van der Waals surface area contributed by atoms with Gasteiger partial charge in [0.1, 0.15) is 11.4 Å². The third-order valence-corrected chi connectivity index (χ3v) is 7.22. The number of aryl methyl sites for hydroxylation is 1. The number of hydrogen-bond donors (Lipinski definition) is 1. The normalized spacial score (nSPS) is 12.2. The van der Waals surface area contributed by atoms with E-state index in [4.69, 9.17) is 14.0 Å². The fourth-order valence-corrected chi connectivity index (χ4v) is 5.52. The van der Waals surface area contributed by atoms with Gasteiger partial charge in [0.25, 0.3) is 15.1 Å². The second-order valence-electron chi connectivity index (χ2n) is 8.72. The topological polar surface area (TPSA) is 108 Å². The number of anilines is 1. The lowest BCUT2D eigenvalue weighted by Crippen LogP contribution is -2.13. The number of fused-ring (bicyclic) bond motifs is 1. The number of hydrogen-bond acceptors (Lipinski definition) is 8. The first-order valence-corrected chi connectivity index (χ1v) is 12.8. The van der Waals surface area contributed by atoms with Gasteiger partial charge in [0.2, 0.25) is 0 Å². The van der Waals surface area contributed by atoms with Crippen molar-refractivity contribution in [2.75, 3.05) is 18.9 Å². The quantitative estimate of drug-likeness (QED) is 0.334. The molecule has 0 aliphatic carbocycles. The highest BCUT2D eigenvalue weighted by molar-refractivity contribution is 8.00. The Morgan fingerprint density at radius 1 is 1.14 bits per heavy atom. The van der Waals surface area contributed by atoms with E-state index in [1.54, 1.807) is 42.5 Å². The maximum Gasteiger partial charge on any atom is 0.298 e. The van der Waals surface area contributed by atoms with Crippen LogP contribution in [0.3, 0.4) is 0 Å². The number of halogens is 1. The summed E-state index contributed by atoms with van der Waals surface area (Å²) < 4.78 is 60.3. The molecule has 0 radical (unpaired) electrons. The molecular formula is C23H25FN4O5S2. The SMILES string of the molecule is COc1cc2ncc(-c3cc(F)c(OC)c(NS(=O)(=O)c4cc(C)no4)c3)n2cc1SC(C)(C)C. The zero-order chi connectivity index (χ0) is 25.5. The van der Waals surface area contributed by atoms with Crippen LogP contribution in [0.4, 0.5) is 10.1 Å². The summed E-state index contributed by atoms with van der Waals surface area (Å²) in [7, 11) is -1.33. The number of pyridine rings is 1. The standard InChI is InChI=1S/C23H25FN4O5S2/c1-13-7-21(33-26-13)35(29,30)27-16-9-14(8-15(24)22(16)32-6)17-11-25-20-10-18(31-5)19(12-28(17)20)34-23(2,3)4/h7-12,27H,1-6H3. The molecule has 9 nitrogen and oxygen atoms in total. The Morgan fingerprint density at radius 2 is 1.89 bits per heavy atom. The van der Waals surface area contributed by atoms with Crippen molar-refractivity contribution in [1.29, 1.82) is 0 Å². The molecule has 3 aromatic heterocycles. The van der Waals surface area contributed by atoms with Gasteiger partial charge in [-0.3, -0.25) is 9.12 Å². The molecule has 0 atom stereocenters. The Kier molecular flexibility index (Phi) is 6.45. The van der Waals surface area contributed by atoms with Crippen LogP contribution in [0.1, 0.15) is 26.5 Å². The van der Waals surface area contributed by atoms with E-state index in [0.29, 0.717) is 28.3 Å². The second-order valence-corrected chi connectivity index (χ2v) is 12.2. The van der Waals surface area contributed by atoms with Crippen molar-refractivity contribution in [1.82, 2.24) is 14.5 Å². The first-order valence-electron chi connectivity index (χ1n) is 10.5. The fraction of sp³-hybridized carbons (Fsp3) is 0.304. The average Bonchev–Trinajstić information content (AvgIpc) is 3.38. The minimum atomic E-state index is -4.17. The molecule has 0 saturated heterocycles. The van der Waals surface area contributed by atoms with Gasteiger partial charge in [-0.2, -0.15) is 8.42 Å². The lowest BCUT2D eigenvalue weighted by atomic mass is 10.1. The summed E-state index contributed by atoms with van der Waals surface area (Å²) in [4.78, 5) is 5.30. The molecular weight excluding hydrogens is 495 g/mol. The van der Waals surface area contributed by atoms with Crippen molar-refractivity contribution in [3.05, 3.63) is 48.2 Å². The molecule has 4 aromatic rings. The Labute approximate surface area is 206 Å². The number of rotatable bonds is 7. The largest absolute Gasteiger partial charge is 0.495 e. The monoisotopic (exact) mass is 520 g/mol. The molecule has 0 saturated carbocycles. The number of sulfonamides is 1. The highest BCUT2D eigenvalue weighted by Crippen LogP contribution is 2.40. The number of thioether (sulfide) groups is 1. The van der Waals surface area contributed by atoms with Crippen molar-refractivity contribution in [2.45, 2.75) is 42.4 Å². The van der Waals surface area contributed by atoms with Crippen molar-refractivity contribution in [3.8, 4) is 22.8 Å². The summed E-state index contributed by atoms with van der Waals surface area (Å²) in [5.41, 5.74) is 1.83. The van der Waals surface area contributed by atoms with Crippen LogP contribution in [-0.4, -0.2) is 41.9 Å². The van der Waals surface area contributed by atoms with Gasteiger partial charge in [0.15, 0.2) is 11.6 Å². The Hall–Kier alpha value is -3.25. The van der Waals surface area contributed by atoms with E-state index < -0.39 is 20.9 Å². The first kappa shape index (κ1) is 24.9. The van der Waals surface area contributed by atoms with Crippen LogP contribution in [-0.2, 0) is 10.0 Å². The molecule has 1 aromatic carbocycles. The van der Waals surface area contributed by atoms with Crippen LogP contribution in [0.2, 0.25) is 0 Å². The number of benzene rings is 1. The maximum absolute atomic E-state index is 15.1. The van der Waals surface area contributed by atoms with Gasteiger partial charge in [-0.25, -0.2) is 9.37 Å². The predicted octanol–water partition coefficient (Wildman–Crippen LogP) is 5.15. The van der Waals surface area contributed by atoms with E-state index in [-0.39, 0.29) is 16.2 Å². The van der Waals surface area contributed by atoms with Crippen molar-refractivity contribution >= 4 is 33.1 Å². The smallest absolute Gasteiger partial charge is 0.298 e. The predicted molar refractivity (Wildman–Crippen MR) is 131 cm³/mol. The molecule has 0 amide bonds. The van der Waals surface area contributed by atoms with E-state index in [0.717, 1.165) is 4.90 Å². The van der Waals surface area contributed by atoms with Gasteiger partial charge in [0, 0.05) is 28.6 Å². The summed E-state index contributed by atoms with van der Waals surface area (Å²) in [5, 5.41) is 3.21. The number of ether oxygens (including phenoxy) is 2. The van der Waals surface area contributed by atoms with E-state index >= 15 is 4.39 Å². The number of nitrogens with one attached hydrogen (secondary N) is 1. The lowest BCUT2D eigenvalue weighted by molar-refractivity contribution is 0.337. The van der Waals surface area contributed by atoms with Crippen LogP contribution >= 0.6 is 11.8 Å². The van der Waals surface area contributed by atoms with E-state index in [9.17, 15) is 8.42 Å². The van der Waals surface area contributed by atoms with Gasteiger partial charge >= 0.3 is 0 Å². The summed E-state index contributed by atoms with van der Waals surface area (Å²) in [5.74, 6) is -0.330. The molecule has 0 aliphatic rings. The third kappa shape index (κ3) is 5.08. The average molecular weight is 521 g/mol. The zero-order valence-electron chi connectivity index (χ0n) is 20.0. The van der Waals surface area contributed by atoms with E-state index in [2.05, 4.69) is 35.6 Å². The Morgan fingerprint density at radius 3 is 2.49 bits per heavy atom. The number of nitrogens with zero attached hydrogens (tertiary/aromatic N) is 3. The molecule has 12 heteroatoms. The Balaban J connectivity index is 1.84. The van der Waals surface area contributed by atoms with Crippen molar-refractivity contribution in [3.63, 3.8) is 0 Å². The number of aromatic nitrogens is 3. The minimum absolute atomic E-state index is 0.0849. The first-order chi connectivity index (χ1) is 16.4. The van der Waals surface area contributed by atoms with Gasteiger partial charge in [-0.1, -0.05) is 25.9 Å². The molecule has 35 heavy (non-hydrogen) atoms. The minimum Gasteiger partial charge on any atom is -0.495 e. The van der Waals surface area contributed by atoms with Gasteiger partial charge in [-0.05, 0) is 19.1 Å². The summed E-state index contributed by atoms with van der Waals surface area (Å²) >= 11 is 1.62. The Bertz CT molecular complexity index is 1510. The third-order valence-electron chi connectivity index (χ3n) is 4.87. The number of methoxy groups -OCH3 is 2.